The van der Waals surface area contributed by atoms with E-state index >= 15 is 0 Å². The van der Waals surface area contributed by atoms with Crippen molar-refractivity contribution in [3.05, 3.63) is 71.3 Å². The fourth-order valence-electron chi connectivity index (χ4n) is 3.79. The first-order chi connectivity index (χ1) is 13.8. The summed E-state index contributed by atoms with van der Waals surface area (Å²) in [5.41, 5.74) is 6.21. The molecular formula is C22H23N3O3S. The SMILES string of the molecule is Cc1ccc(NS(=O)(=O)c2cccc(C(=O)N/N=C3/C[C@H]4C=CC[C@@H]34)c2)c(C)c1. The summed E-state index contributed by atoms with van der Waals surface area (Å²) in [5.74, 6) is 0.537. The Bertz CT molecular complexity index is 1140. The number of hydrazone groups is 1. The average molecular weight is 410 g/mol. The lowest BCUT2D eigenvalue weighted by Crippen LogP contribution is -2.35. The lowest BCUT2D eigenvalue weighted by atomic mass is 9.74. The lowest BCUT2D eigenvalue weighted by molar-refractivity contribution is 0.0953. The van der Waals surface area contributed by atoms with Crippen LogP contribution in [-0.2, 0) is 10.0 Å². The second-order valence-electron chi connectivity index (χ2n) is 7.63. The molecule has 2 N–H and O–H groups in total. The number of anilines is 1. The first-order valence-corrected chi connectivity index (χ1v) is 11.1. The molecule has 0 spiro atoms. The van der Waals surface area contributed by atoms with Gasteiger partial charge in [0.05, 0.1) is 10.6 Å². The van der Waals surface area contributed by atoms with E-state index in [0.717, 1.165) is 29.7 Å². The highest BCUT2D eigenvalue weighted by Crippen LogP contribution is 2.40. The summed E-state index contributed by atoms with van der Waals surface area (Å²) in [4.78, 5) is 12.5. The van der Waals surface area contributed by atoms with Gasteiger partial charge in [0, 0.05) is 17.2 Å². The number of aryl methyl sites for hydroxylation is 2. The van der Waals surface area contributed by atoms with E-state index < -0.39 is 15.9 Å². The number of nitrogens with one attached hydrogen (secondary N) is 2. The Kier molecular flexibility index (Phi) is 5.00. The van der Waals surface area contributed by atoms with E-state index in [1.54, 1.807) is 18.2 Å². The third kappa shape index (κ3) is 3.96. The highest BCUT2D eigenvalue weighted by atomic mass is 32.2. The maximum absolute atomic E-state index is 12.8. The molecule has 4 rings (SSSR count). The second kappa shape index (κ2) is 7.48. The summed E-state index contributed by atoms with van der Waals surface area (Å²) in [7, 11) is -3.82. The number of carbonyl (C=O) groups excluding carboxylic acids is 1. The molecule has 1 amide bonds. The van der Waals surface area contributed by atoms with Gasteiger partial charge in [0.2, 0.25) is 0 Å². The molecule has 2 aromatic carbocycles. The molecule has 2 aromatic rings. The van der Waals surface area contributed by atoms with Gasteiger partial charge in [0.1, 0.15) is 0 Å². The van der Waals surface area contributed by atoms with Crippen molar-refractivity contribution in [1.29, 1.82) is 0 Å². The van der Waals surface area contributed by atoms with Crippen molar-refractivity contribution in [1.82, 2.24) is 5.43 Å². The molecule has 7 heteroatoms. The van der Waals surface area contributed by atoms with Crippen LogP contribution in [0.3, 0.4) is 0 Å². The van der Waals surface area contributed by atoms with Crippen molar-refractivity contribution in [2.75, 3.05) is 4.72 Å². The van der Waals surface area contributed by atoms with Crippen molar-refractivity contribution in [3.8, 4) is 0 Å². The smallest absolute Gasteiger partial charge is 0.271 e. The Morgan fingerprint density at radius 2 is 1.97 bits per heavy atom. The monoisotopic (exact) mass is 409 g/mol. The van der Waals surface area contributed by atoms with E-state index in [9.17, 15) is 13.2 Å². The van der Waals surface area contributed by atoms with Gasteiger partial charge in [-0.05, 0) is 62.4 Å². The van der Waals surface area contributed by atoms with E-state index in [1.807, 2.05) is 26.0 Å². The Hall–Kier alpha value is -2.93. The molecule has 0 aromatic heterocycles. The number of rotatable bonds is 5. The van der Waals surface area contributed by atoms with Crippen molar-refractivity contribution in [2.24, 2.45) is 16.9 Å². The van der Waals surface area contributed by atoms with Crippen LogP contribution < -0.4 is 10.1 Å². The number of hydrogen-bond donors (Lipinski definition) is 2. The fourth-order valence-corrected chi connectivity index (χ4v) is 4.96. The summed E-state index contributed by atoms with van der Waals surface area (Å²) in [5, 5.41) is 4.24. The molecule has 1 saturated carbocycles. The van der Waals surface area contributed by atoms with E-state index in [4.69, 9.17) is 0 Å². The van der Waals surface area contributed by atoms with Gasteiger partial charge >= 0.3 is 0 Å². The topological polar surface area (TPSA) is 87.6 Å². The van der Waals surface area contributed by atoms with Gasteiger partial charge in [0.25, 0.3) is 15.9 Å². The van der Waals surface area contributed by atoms with E-state index in [2.05, 4.69) is 27.4 Å². The zero-order chi connectivity index (χ0) is 20.6. The first kappa shape index (κ1) is 19.4. The van der Waals surface area contributed by atoms with Crippen LogP contribution in [0.25, 0.3) is 0 Å². The lowest BCUT2D eigenvalue weighted by Gasteiger charge is -2.31. The van der Waals surface area contributed by atoms with Gasteiger partial charge in [-0.25, -0.2) is 13.8 Å². The molecule has 2 aliphatic rings. The molecular weight excluding hydrogens is 386 g/mol. The number of fused-ring (bicyclic) bond motifs is 1. The van der Waals surface area contributed by atoms with Crippen LogP contribution in [0.1, 0.15) is 34.3 Å². The summed E-state index contributed by atoms with van der Waals surface area (Å²) in [6, 6.07) is 11.5. The highest BCUT2D eigenvalue weighted by molar-refractivity contribution is 7.92. The van der Waals surface area contributed by atoms with Crippen molar-refractivity contribution in [2.45, 2.75) is 31.6 Å². The number of hydrogen-bond acceptors (Lipinski definition) is 4. The number of sulfonamides is 1. The Morgan fingerprint density at radius 3 is 2.72 bits per heavy atom. The van der Waals surface area contributed by atoms with E-state index in [0.29, 0.717) is 17.5 Å². The standard InChI is InChI=1S/C22H23N3O3S/c1-14-9-10-20(15(2)11-14)25-29(27,28)18-7-3-6-17(12-18)22(26)24-23-21-13-16-5-4-8-19(16)21/h3-7,9-12,16,19,25H,8,13H2,1-2H3,(H,24,26)/b23-21-/t16-,19-/m1/s1. The molecule has 29 heavy (non-hydrogen) atoms. The molecule has 0 aliphatic heterocycles. The molecule has 6 nitrogen and oxygen atoms in total. The quantitative estimate of drug-likeness (QED) is 0.582. The Balaban J connectivity index is 1.48. The van der Waals surface area contributed by atoms with Crippen LogP contribution >= 0.6 is 0 Å². The number of allylic oxidation sites excluding steroid dienone is 2. The minimum absolute atomic E-state index is 0.0291. The average Bonchev–Trinajstić information content (AvgIpc) is 3.05. The van der Waals surface area contributed by atoms with Gasteiger partial charge in [-0.3, -0.25) is 9.52 Å². The summed E-state index contributed by atoms with van der Waals surface area (Å²) < 4.78 is 28.2. The van der Waals surface area contributed by atoms with Crippen LogP contribution in [0.15, 0.2) is 64.6 Å². The number of nitrogens with zero attached hydrogens (tertiary/aromatic N) is 1. The van der Waals surface area contributed by atoms with Crippen molar-refractivity contribution < 1.29 is 13.2 Å². The predicted octanol–water partition coefficient (Wildman–Crippen LogP) is 3.79. The van der Waals surface area contributed by atoms with Gasteiger partial charge in [-0.1, -0.05) is 35.9 Å². The van der Waals surface area contributed by atoms with Crippen LogP contribution in [-0.4, -0.2) is 20.0 Å². The molecule has 0 radical (unpaired) electrons. The molecule has 0 heterocycles. The normalized spacial score (nSPS) is 21.5. The van der Waals surface area contributed by atoms with Gasteiger partial charge in [0.15, 0.2) is 0 Å². The third-order valence-corrected chi connectivity index (χ3v) is 6.86. The minimum atomic E-state index is -3.82. The largest absolute Gasteiger partial charge is 0.279 e. The first-order valence-electron chi connectivity index (χ1n) is 9.57. The highest BCUT2D eigenvalue weighted by Gasteiger charge is 2.38. The van der Waals surface area contributed by atoms with Crippen LogP contribution in [0.5, 0.6) is 0 Å². The van der Waals surface area contributed by atoms with Crippen LogP contribution in [0.4, 0.5) is 5.69 Å². The molecule has 2 atom stereocenters. The molecule has 2 aliphatic carbocycles. The fraction of sp³-hybridized carbons (Fsp3) is 0.273. The Labute approximate surface area is 170 Å². The molecule has 1 fully saturated rings. The van der Waals surface area contributed by atoms with E-state index in [-0.39, 0.29) is 10.5 Å². The van der Waals surface area contributed by atoms with E-state index in [1.165, 1.54) is 12.1 Å². The summed E-state index contributed by atoms with van der Waals surface area (Å²) in [6.45, 7) is 3.79. The van der Waals surface area contributed by atoms with Gasteiger partial charge in [-0.15, -0.1) is 0 Å². The van der Waals surface area contributed by atoms with Crippen molar-refractivity contribution in [3.63, 3.8) is 0 Å². The second-order valence-corrected chi connectivity index (χ2v) is 9.32. The molecule has 0 unspecified atom stereocenters. The molecule has 0 bridgehead atoms. The maximum Gasteiger partial charge on any atom is 0.271 e. The van der Waals surface area contributed by atoms with Crippen LogP contribution in [0.2, 0.25) is 0 Å². The predicted molar refractivity (Wildman–Crippen MR) is 113 cm³/mol. The third-order valence-electron chi connectivity index (χ3n) is 5.50. The number of carbonyl (C=O) groups is 1. The maximum atomic E-state index is 12.8. The molecule has 150 valence electrons. The van der Waals surface area contributed by atoms with Gasteiger partial charge < -0.3 is 0 Å². The number of benzene rings is 2. The Morgan fingerprint density at radius 1 is 1.14 bits per heavy atom. The minimum Gasteiger partial charge on any atom is -0.279 e. The van der Waals surface area contributed by atoms with Gasteiger partial charge in [-0.2, -0.15) is 5.10 Å². The van der Waals surface area contributed by atoms with Crippen molar-refractivity contribution >= 4 is 27.3 Å². The van der Waals surface area contributed by atoms with Crippen LogP contribution in [0, 0.1) is 25.7 Å². The molecule has 0 saturated heterocycles. The summed E-state index contributed by atoms with van der Waals surface area (Å²) in [6.07, 6.45) is 6.19. The summed E-state index contributed by atoms with van der Waals surface area (Å²) >= 11 is 0. The zero-order valence-corrected chi connectivity index (χ0v) is 17.2. The zero-order valence-electron chi connectivity index (χ0n) is 16.3. The number of amides is 1.